The van der Waals surface area contributed by atoms with Gasteiger partial charge in [-0.05, 0) is 73.5 Å². The molecule has 0 aliphatic carbocycles. The second kappa shape index (κ2) is 12.8. The van der Waals surface area contributed by atoms with Gasteiger partial charge in [0, 0.05) is 24.3 Å². The van der Waals surface area contributed by atoms with E-state index in [0.717, 1.165) is 34.8 Å². The lowest BCUT2D eigenvalue weighted by Crippen LogP contribution is -2.28. The number of carbonyl (C=O) groups is 2. The minimum atomic E-state index is -3.59. The molecule has 1 saturated heterocycles. The van der Waals surface area contributed by atoms with Crippen LogP contribution in [0.25, 0.3) is 15.9 Å². The minimum Gasteiger partial charge on any atom is -0.345 e. The number of hydrogen-bond donors (Lipinski definition) is 2. The Labute approximate surface area is 260 Å². The second-order valence-corrected chi connectivity index (χ2v) is 13.8. The van der Waals surface area contributed by atoms with E-state index < -0.39 is 21.7 Å². The normalized spacial score (nSPS) is 13.8. The van der Waals surface area contributed by atoms with Gasteiger partial charge in [0.2, 0.25) is 15.9 Å². The predicted octanol–water partition coefficient (Wildman–Crippen LogP) is 4.46. The number of thioether (sulfide) groups is 1. The smallest absolute Gasteiger partial charge is 0.251 e. The van der Waals surface area contributed by atoms with E-state index in [1.165, 1.54) is 52.0 Å². The van der Waals surface area contributed by atoms with Gasteiger partial charge in [0.1, 0.15) is 5.82 Å². The zero-order chi connectivity index (χ0) is 30.7. The summed E-state index contributed by atoms with van der Waals surface area (Å²) in [5.74, 6) is -0.779. The van der Waals surface area contributed by atoms with Gasteiger partial charge < -0.3 is 10.6 Å². The first-order chi connectivity index (χ1) is 21.3. The summed E-state index contributed by atoms with van der Waals surface area (Å²) in [7, 11) is -3.59. The van der Waals surface area contributed by atoms with Crippen LogP contribution in [0, 0.1) is 5.82 Å². The average Bonchev–Trinajstić information content (AvgIpc) is 3.80. The maximum absolute atomic E-state index is 13.7. The molecule has 0 spiro atoms. The van der Waals surface area contributed by atoms with E-state index in [0.29, 0.717) is 34.9 Å². The van der Waals surface area contributed by atoms with E-state index in [2.05, 4.69) is 25.8 Å². The molecule has 6 rings (SSSR count). The van der Waals surface area contributed by atoms with Crippen molar-refractivity contribution >= 4 is 60.3 Å². The summed E-state index contributed by atoms with van der Waals surface area (Å²) in [6.07, 6.45) is 1.67. The number of aromatic nitrogens is 4. The van der Waals surface area contributed by atoms with Gasteiger partial charge in [-0.2, -0.15) is 4.31 Å². The Bertz CT molecular complexity index is 1890. The van der Waals surface area contributed by atoms with E-state index >= 15 is 0 Å². The summed E-state index contributed by atoms with van der Waals surface area (Å²) >= 11 is 2.51. The highest BCUT2D eigenvalue weighted by Gasteiger charge is 2.27. The second-order valence-electron chi connectivity index (χ2n) is 9.85. The van der Waals surface area contributed by atoms with Crippen LogP contribution in [0.5, 0.6) is 0 Å². The maximum atomic E-state index is 13.7. The van der Waals surface area contributed by atoms with Gasteiger partial charge in [-0.1, -0.05) is 35.2 Å². The van der Waals surface area contributed by atoms with Gasteiger partial charge in [-0.15, -0.1) is 10.2 Å². The SMILES string of the molecule is O=C(CSc1nnc(CNC(=O)c2ccc(S(=O)(=O)N3CCCC3)cc2)n1-c1ccc(F)cc1)Nc1nc2ccccc2s1. The Morgan fingerprint density at radius 1 is 0.955 bits per heavy atom. The Hall–Kier alpha value is -4.18. The van der Waals surface area contributed by atoms with Crippen molar-refractivity contribution in [2.45, 2.75) is 29.4 Å². The molecule has 44 heavy (non-hydrogen) atoms. The summed E-state index contributed by atoms with van der Waals surface area (Å²) in [5, 5.41) is 14.9. The summed E-state index contributed by atoms with van der Waals surface area (Å²) in [5.41, 5.74) is 1.62. The van der Waals surface area contributed by atoms with E-state index in [1.807, 2.05) is 24.3 Å². The van der Waals surface area contributed by atoms with Crippen LogP contribution in [0.4, 0.5) is 9.52 Å². The molecule has 0 unspecified atom stereocenters. The maximum Gasteiger partial charge on any atom is 0.251 e. The van der Waals surface area contributed by atoms with Gasteiger partial charge in [0.05, 0.1) is 27.4 Å². The number of para-hydroxylation sites is 1. The molecular weight excluding hydrogens is 626 g/mol. The van der Waals surface area contributed by atoms with Crippen LogP contribution >= 0.6 is 23.1 Å². The molecule has 226 valence electrons. The number of amides is 2. The number of halogens is 1. The molecule has 3 heterocycles. The first-order valence-electron chi connectivity index (χ1n) is 13.6. The monoisotopic (exact) mass is 651 g/mol. The number of thiazole rings is 1. The molecule has 2 amide bonds. The highest BCUT2D eigenvalue weighted by Crippen LogP contribution is 2.27. The molecule has 1 aliphatic heterocycles. The first kappa shape index (κ1) is 29.9. The van der Waals surface area contributed by atoms with Crippen LogP contribution in [0.1, 0.15) is 29.0 Å². The van der Waals surface area contributed by atoms with Gasteiger partial charge in [0.25, 0.3) is 5.91 Å². The van der Waals surface area contributed by atoms with Crippen LogP contribution < -0.4 is 10.6 Å². The first-order valence-corrected chi connectivity index (χ1v) is 16.9. The third-order valence-corrected chi connectivity index (χ3v) is 10.7. The topological polar surface area (TPSA) is 139 Å². The van der Waals surface area contributed by atoms with Crippen molar-refractivity contribution in [2.24, 2.45) is 0 Å². The zero-order valence-corrected chi connectivity index (χ0v) is 25.6. The number of sulfonamides is 1. The number of hydrogen-bond acceptors (Lipinski definition) is 9. The number of anilines is 1. The molecule has 5 aromatic rings. The molecular formula is C29H26FN7O4S3. The van der Waals surface area contributed by atoms with Gasteiger partial charge in [-0.3, -0.25) is 14.2 Å². The van der Waals surface area contributed by atoms with Crippen molar-refractivity contribution in [3.05, 3.63) is 90.0 Å². The highest BCUT2D eigenvalue weighted by atomic mass is 32.2. The van der Waals surface area contributed by atoms with Crippen molar-refractivity contribution in [1.82, 2.24) is 29.4 Å². The third-order valence-electron chi connectivity index (χ3n) is 6.88. The molecule has 0 atom stereocenters. The summed E-state index contributed by atoms with van der Waals surface area (Å²) in [6, 6.07) is 19.1. The lowest BCUT2D eigenvalue weighted by Gasteiger charge is -2.15. The van der Waals surface area contributed by atoms with E-state index in [4.69, 9.17) is 0 Å². The molecule has 3 aromatic carbocycles. The third kappa shape index (κ3) is 6.50. The number of fused-ring (bicyclic) bond motifs is 1. The van der Waals surface area contributed by atoms with Crippen molar-refractivity contribution in [3.63, 3.8) is 0 Å². The van der Waals surface area contributed by atoms with Crippen molar-refractivity contribution < 1.29 is 22.4 Å². The lowest BCUT2D eigenvalue weighted by molar-refractivity contribution is -0.113. The molecule has 1 aliphatic rings. The molecule has 1 fully saturated rings. The van der Waals surface area contributed by atoms with E-state index in [-0.39, 0.29) is 28.7 Å². The van der Waals surface area contributed by atoms with E-state index in [9.17, 15) is 22.4 Å². The summed E-state index contributed by atoms with van der Waals surface area (Å²) in [6.45, 7) is 0.955. The van der Waals surface area contributed by atoms with Crippen LogP contribution in [-0.2, 0) is 21.4 Å². The van der Waals surface area contributed by atoms with Gasteiger partial charge in [-0.25, -0.2) is 17.8 Å². The fourth-order valence-corrected chi connectivity index (χ4v) is 7.86. The quantitative estimate of drug-likeness (QED) is 0.211. The van der Waals surface area contributed by atoms with Crippen LogP contribution in [0.3, 0.4) is 0 Å². The van der Waals surface area contributed by atoms with Crippen molar-refractivity contribution in [2.75, 3.05) is 24.2 Å². The standard InChI is InChI=1S/C29H26FN7O4S3/c30-20-9-11-21(12-10-20)37-25(17-31-27(39)19-7-13-22(14-8-19)44(40,41)36-15-3-4-16-36)34-35-29(37)42-18-26(38)33-28-32-23-5-1-2-6-24(23)43-28/h1-2,5-14H,3-4,15-18H2,(H,31,39)(H,32,33,38). The highest BCUT2D eigenvalue weighted by molar-refractivity contribution is 7.99. The van der Waals surface area contributed by atoms with Crippen molar-refractivity contribution in [1.29, 1.82) is 0 Å². The number of nitrogens with zero attached hydrogens (tertiary/aromatic N) is 5. The Morgan fingerprint density at radius 2 is 1.68 bits per heavy atom. The largest absolute Gasteiger partial charge is 0.345 e. The molecule has 11 nitrogen and oxygen atoms in total. The van der Waals surface area contributed by atoms with Crippen LogP contribution in [0.2, 0.25) is 0 Å². The summed E-state index contributed by atoms with van der Waals surface area (Å²) in [4.78, 5) is 30.2. The zero-order valence-electron chi connectivity index (χ0n) is 23.1. The number of benzene rings is 3. The predicted molar refractivity (Wildman–Crippen MR) is 166 cm³/mol. The fraction of sp³-hybridized carbons (Fsp3) is 0.207. The molecule has 0 bridgehead atoms. The Balaban J connectivity index is 1.14. The number of nitrogens with one attached hydrogen (secondary N) is 2. The van der Waals surface area contributed by atoms with Gasteiger partial charge >= 0.3 is 0 Å². The molecule has 15 heteroatoms. The molecule has 0 saturated carbocycles. The molecule has 2 N–H and O–H groups in total. The molecule has 2 aromatic heterocycles. The number of rotatable bonds is 10. The van der Waals surface area contributed by atoms with Crippen molar-refractivity contribution in [3.8, 4) is 5.69 Å². The van der Waals surface area contributed by atoms with Crippen LogP contribution in [-0.4, -0.2) is 63.1 Å². The minimum absolute atomic E-state index is 0.00823. The average molecular weight is 652 g/mol. The lowest BCUT2D eigenvalue weighted by atomic mass is 10.2. The van der Waals surface area contributed by atoms with Crippen LogP contribution in [0.15, 0.2) is 82.8 Å². The summed E-state index contributed by atoms with van der Waals surface area (Å²) < 4.78 is 43.3. The number of carbonyl (C=O) groups excluding carboxylic acids is 2. The Morgan fingerprint density at radius 3 is 2.41 bits per heavy atom. The molecule has 0 radical (unpaired) electrons. The Kier molecular flexibility index (Phi) is 8.70. The van der Waals surface area contributed by atoms with Gasteiger partial charge in [0.15, 0.2) is 16.1 Å². The fourth-order valence-electron chi connectivity index (χ4n) is 4.69. The van der Waals surface area contributed by atoms with E-state index in [1.54, 1.807) is 16.7 Å².